The number of hydrogen-bond acceptors (Lipinski definition) is 4. The summed E-state index contributed by atoms with van der Waals surface area (Å²) in [5, 5.41) is 13.1. The Balaban J connectivity index is 1.88. The lowest BCUT2D eigenvalue weighted by atomic mass is 9.79. The molecule has 0 bridgehead atoms. The van der Waals surface area contributed by atoms with E-state index in [9.17, 15) is 9.90 Å². The molecular weight excluding hydrogens is 242 g/mol. The van der Waals surface area contributed by atoms with Gasteiger partial charge in [-0.3, -0.25) is 4.79 Å². The second kappa shape index (κ2) is 5.57. The molecule has 19 heavy (non-hydrogen) atoms. The second-order valence-electron chi connectivity index (χ2n) is 5.57. The van der Waals surface area contributed by atoms with Crippen LogP contribution in [0, 0.1) is 5.92 Å². The molecule has 104 valence electrons. The predicted octanol–water partition coefficient (Wildman–Crippen LogP) is 1.33. The summed E-state index contributed by atoms with van der Waals surface area (Å²) in [6, 6.07) is 3.22. The van der Waals surface area contributed by atoms with E-state index in [-0.39, 0.29) is 12.5 Å². The van der Waals surface area contributed by atoms with Crippen LogP contribution in [0.15, 0.2) is 18.3 Å². The fourth-order valence-corrected chi connectivity index (χ4v) is 2.35. The van der Waals surface area contributed by atoms with Gasteiger partial charge in [-0.1, -0.05) is 6.92 Å². The molecule has 1 amide bonds. The van der Waals surface area contributed by atoms with Crippen molar-refractivity contribution in [2.75, 3.05) is 12.3 Å². The number of hydrogen-bond donors (Lipinski definition) is 3. The minimum atomic E-state index is -0.768. The van der Waals surface area contributed by atoms with Crippen molar-refractivity contribution in [2.45, 2.75) is 38.2 Å². The molecule has 1 fully saturated rings. The molecule has 0 saturated heterocycles. The first-order valence-electron chi connectivity index (χ1n) is 6.71. The molecule has 1 saturated carbocycles. The summed E-state index contributed by atoms with van der Waals surface area (Å²) in [5.74, 6) is 0.391. The van der Waals surface area contributed by atoms with Gasteiger partial charge in [-0.25, -0.2) is 4.98 Å². The van der Waals surface area contributed by atoms with Gasteiger partial charge in [-0.2, -0.15) is 0 Å². The molecule has 0 aromatic carbocycles. The van der Waals surface area contributed by atoms with E-state index in [0.29, 0.717) is 17.3 Å². The second-order valence-corrected chi connectivity index (χ2v) is 5.57. The summed E-state index contributed by atoms with van der Waals surface area (Å²) in [7, 11) is 0. The van der Waals surface area contributed by atoms with E-state index < -0.39 is 5.60 Å². The number of carbonyl (C=O) groups is 1. The van der Waals surface area contributed by atoms with Crippen molar-refractivity contribution in [1.82, 2.24) is 10.3 Å². The number of carbonyl (C=O) groups excluding carboxylic acids is 1. The van der Waals surface area contributed by atoms with Crippen molar-refractivity contribution in [3.05, 3.63) is 24.0 Å². The molecule has 5 heteroatoms. The summed E-state index contributed by atoms with van der Waals surface area (Å²) in [5.41, 5.74) is 5.60. The van der Waals surface area contributed by atoms with Crippen LogP contribution >= 0.6 is 0 Å². The number of nitrogens with two attached hydrogens (primary N) is 1. The topological polar surface area (TPSA) is 88.2 Å². The molecule has 2 rings (SSSR count). The summed E-state index contributed by atoms with van der Waals surface area (Å²) >= 11 is 0. The zero-order valence-electron chi connectivity index (χ0n) is 11.2. The first kappa shape index (κ1) is 13.8. The van der Waals surface area contributed by atoms with Gasteiger partial charge in [0.05, 0.1) is 17.5 Å². The van der Waals surface area contributed by atoms with Crippen LogP contribution in [0.1, 0.15) is 43.1 Å². The molecule has 5 nitrogen and oxygen atoms in total. The van der Waals surface area contributed by atoms with E-state index in [4.69, 9.17) is 5.73 Å². The fraction of sp³-hybridized carbons (Fsp3) is 0.571. The number of amides is 1. The van der Waals surface area contributed by atoms with Crippen molar-refractivity contribution < 1.29 is 9.90 Å². The summed E-state index contributed by atoms with van der Waals surface area (Å²) in [4.78, 5) is 15.8. The molecule has 0 radical (unpaired) electrons. The first-order chi connectivity index (χ1) is 8.98. The summed E-state index contributed by atoms with van der Waals surface area (Å²) in [6.45, 7) is 2.47. The molecule has 0 aliphatic heterocycles. The molecule has 1 aliphatic carbocycles. The molecule has 0 atom stereocenters. The van der Waals surface area contributed by atoms with E-state index >= 15 is 0 Å². The molecule has 4 N–H and O–H groups in total. The van der Waals surface area contributed by atoms with Crippen LogP contribution in [-0.4, -0.2) is 28.1 Å². The van der Waals surface area contributed by atoms with Crippen molar-refractivity contribution in [3.8, 4) is 0 Å². The van der Waals surface area contributed by atoms with Crippen LogP contribution in [0.2, 0.25) is 0 Å². The van der Waals surface area contributed by atoms with Gasteiger partial charge in [0.2, 0.25) is 0 Å². The standard InChI is InChI=1S/C14H21N3O2/c1-10-4-6-14(19,7-5-10)9-17-13(18)12-3-2-11(15)8-16-12/h2-3,8,10,19H,4-7,9,15H2,1H3,(H,17,18). The number of pyridine rings is 1. The van der Waals surface area contributed by atoms with Crippen molar-refractivity contribution in [1.29, 1.82) is 0 Å². The van der Waals surface area contributed by atoms with Crippen LogP contribution in [-0.2, 0) is 0 Å². The Hall–Kier alpha value is -1.62. The van der Waals surface area contributed by atoms with E-state index in [0.717, 1.165) is 25.7 Å². The first-order valence-corrected chi connectivity index (χ1v) is 6.71. The van der Waals surface area contributed by atoms with Crippen molar-refractivity contribution in [2.24, 2.45) is 5.92 Å². The number of anilines is 1. The Morgan fingerprint density at radius 2 is 2.21 bits per heavy atom. The maximum Gasteiger partial charge on any atom is 0.269 e. The number of aliphatic hydroxyl groups is 1. The highest BCUT2D eigenvalue weighted by Gasteiger charge is 2.32. The van der Waals surface area contributed by atoms with Gasteiger partial charge in [-0.15, -0.1) is 0 Å². The Morgan fingerprint density at radius 1 is 1.53 bits per heavy atom. The maximum atomic E-state index is 11.9. The average Bonchev–Trinajstić information content (AvgIpc) is 2.41. The smallest absolute Gasteiger partial charge is 0.269 e. The van der Waals surface area contributed by atoms with Crippen LogP contribution in [0.3, 0.4) is 0 Å². The molecule has 1 aromatic rings. The van der Waals surface area contributed by atoms with Gasteiger partial charge in [0.25, 0.3) is 5.91 Å². The molecule has 0 spiro atoms. The Kier molecular flexibility index (Phi) is 4.04. The third kappa shape index (κ3) is 3.67. The summed E-state index contributed by atoms with van der Waals surface area (Å²) in [6.07, 6.45) is 4.94. The van der Waals surface area contributed by atoms with Gasteiger partial charge in [0.15, 0.2) is 0 Å². The number of aromatic nitrogens is 1. The van der Waals surface area contributed by atoms with Gasteiger partial charge in [-0.05, 0) is 43.7 Å². The minimum Gasteiger partial charge on any atom is -0.397 e. The monoisotopic (exact) mass is 263 g/mol. The van der Waals surface area contributed by atoms with E-state index in [1.807, 2.05) is 0 Å². The van der Waals surface area contributed by atoms with Crippen LogP contribution in [0.5, 0.6) is 0 Å². The Morgan fingerprint density at radius 3 is 2.79 bits per heavy atom. The van der Waals surface area contributed by atoms with E-state index in [2.05, 4.69) is 17.2 Å². The zero-order chi connectivity index (χ0) is 13.9. The normalized spacial score (nSPS) is 26.9. The third-order valence-electron chi connectivity index (χ3n) is 3.80. The van der Waals surface area contributed by atoms with Crippen molar-refractivity contribution >= 4 is 11.6 Å². The van der Waals surface area contributed by atoms with Gasteiger partial charge < -0.3 is 16.2 Å². The number of rotatable bonds is 3. The highest BCUT2D eigenvalue weighted by atomic mass is 16.3. The number of nitrogen functional groups attached to an aromatic ring is 1. The lowest BCUT2D eigenvalue weighted by Crippen LogP contribution is -2.45. The van der Waals surface area contributed by atoms with Gasteiger partial charge in [0.1, 0.15) is 5.69 Å². The molecule has 1 aromatic heterocycles. The van der Waals surface area contributed by atoms with E-state index in [1.54, 1.807) is 12.1 Å². The van der Waals surface area contributed by atoms with Crippen molar-refractivity contribution in [3.63, 3.8) is 0 Å². The lowest BCUT2D eigenvalue weighted by Gasteiger charge is -2.34. The molecular formula is C14H21N3O2. The molecule has 1 heterocycles. The highest BCUT2D eigenvalue weighted by Crippen LogP contribution is 2.31. The van der Waals surface area contributed by atoms with Crippen LogP contribution in [0.25, 0.3) is 0 Å². The molecule has 1 aliphatic rings. The predicted molar refractivity (Wildman–Crippen MR) is 73.6 cm³/mol. The number of nitrogens with zero attached hydrogens (tertiary/aromatic N) is 1. The minimum absolute atomic E-state index is 0.271. The van der Waals surface area contributed by atoms with Gasteiger partial charge >= 0.3 is 0 Å². The number of nitrogens with one attached hydrogen (secondary N) is 1. The zero-order valence-corrected chi connectivity index (χ0v) is 11.2. The maximum absolute atomic E-state index is 11.9. The largest absolute Gasteiger partial charge is 0.397 e. The SMILES string of the molecule is CC1CCC(O)(CNC(=O)c2ccc(N)cn2)CC1. The quantitative estimate of drug-likeness (QED) is 0.767. The Bertz CT molecular complexity index is 437. The lowest BCUT2D eigenvalue weighted by molar-refractivity contribution is -0.00543. The summed E-state index contributed by atoms with van der Waals surface area (Å²) < 4.78 is 0. The third-order valence-corrected chi connectivity index (χ3v) is 3.80. The highest BCUT2D eigenvalue weighted by molar-refractivity contribution is 5.92. The van der Waals surface area contributed by atoms with Crippen LogP contribution in [0.4, 0.5) is 5.69 Å². The van der Waals surface area contributed by atoms with Crippen LogP contribution < -0.4 is 11.1 Å². The van der Waals surface area contributed by atoms with E-state index in [1.165, 1.54) is 6.20 Å². The fourth-order valence-electron chi connectivity index (χ4n) is 2.35. The molecule has 0 unspecified atom stereocenters. The van der Waals surface area contributed by atoms with Gasteiger partial charge in [0, 0.05) is 6.54 Å². The Labute approximate surface area is 113 Å². The average molecular weight is 263 g/mol.